The molecule has 0 aliphatic carbocycles. The van der Waals surface area contributed by atoms with E-state index in [0.717, 1.165) is 12.2 Å². The van der Waals surface area contributed by atoms with Crippen molar-refractivity contribution in [2.24, 2.45) is 0 Å². The quantitative estimate of drug-likeness (QED) is 0.436. The zero-order chi connectivity index (χ0) is 17.4. The first-order chi connectivity index (χ1) is 12.2. The van der Waals surface area contributed by atoms with Crippen molar-refractivity contribution in [1.29, 1.82) is 0 Å². The van der Waals surface area contributed by atoms with E-state index in [0.29, 0.717) is 5.92 Å². The molecule has 3 aromatic carbocycles. The van der Waals surface area contributed by atoms with Gasteiger partial charge in [-0.1, -0.05) is 61.2 Å². The molecular weight excluding hydrogens is 324 g/mol. The minimum absolute atomic E-state index is 0.349. The van der Waals surface area contributed by atoms with Gasteiger partial charge in [-0.05, 0) is 59.4 Å². The molecule has 3 aromatic rings. The van der Waals surface area contributed by atoms with Crippen LogP contribution in [-0.4, -0.2) is 7.11 Å². The van der Waals surface area contributed by atoms with Gasteiger partial charge in [0.2, 0.25) is 0 Å². The van der Waals surface area contributed by atoms with E-state index in [2.05, 4.69) is 74.5 Å². The fraction of sp³-hybridized carbons (Fsp3) is 0.217. The Morgan fingerprint density at radius 3 is 2.44 bits per heavy atom. The number of benzene rings is 3. The van der Waals surface area contributed by atoms with Gasteiger partial charge in [0, 0.05) is 15.7 Å². The Balaban J connectivity index is 1.66. The van der Waals surface area contributed by atoms with Crippen LogP contribution in [0.1, 0.15) is 40.7 Å². The van der Waals surface area contributed by atoms with Crippen LogP contribution in [0.15, 0.2) is 70.5 Å². The zero-order valence-corrected chi connectivity index (χ0v) is 15.7. The lowest BCUT2D eigenvalue weighted by Crippen LogP contribution is -2.03. The Hall–Kier alpha value is -2.19. The Morgan fingerprint density at radius 2 is 1.60 bits per heavy atom. The number of methoxy groups -OCH3 is 1. The van der Waals surface area contributed by atoms with Crippen molar-refractivity contribution >= 4 is 11.8 Å². The highest BCUT2D eigenvalue weighted by Crippen LogP contribution is 2.41. The van der Waals surface area contributed by atoms with Gasteiger partial charge in [-0.15, -0.1) is 0 Å². The van der Waals surface area contributed by atoms with Crippen molar-refractivity contribution in [3.63, 3.8) is 0 Å². The predicted molar refractivity (Wildman–Crippen MR) is 105 cm³/mol. The van der Waals surface area contributed by atoms with Gasteiger partial charge in [0.25, 0.3) is 0 Å². The fourth-order valence-corrected chi connectivity index (χ4v) is 4.53. The molecule has 0 N–H and O–H groups in total. The van der Waals surface area contributed by atoms with Gasteiger partial charge in [-0.3, -0.25) is 0 Å². The first-order valence-corrected chi connectivity index (χ1v) is 9.50. The molecule has 0 amide bonds. The van der Waals surface area contributed by atoms with Crippen LogP contribution in [-0.2, 0) is 6.42 Å². The van der Waals surface area contributed by atoms with E-state index in [1.165, 1.54) is 37.6 Å². The average molecular weight is 346 g/mol. The second kappa shape index (κ2) is 6.61. The molecule has 0 fully saturated rings. The van der Waals surface area contributed by atoms with E-state index in [1.807, 2.05) is 11.8 Å². The van der Waals surface area contributed by atoms with E-state index in [1.54, 1.807) is 7.11 Å². The summed E-state index contributed by atoms with van der Waals surface area (Å²) in [5, 5.41) is 0. The molecule has 1 nitrogen and oxygen atoms in total. The highest BCUT2D eigenvalue weighted by molar-refractivity contribution is 7.99. The van der Waals surface area contributed by atoms with Crippen LogP contribution in [0.5, 0.6) is 5.75 Å². The summed E-state index contributed by atoms with van der Waals surface area (Å²) in [6, 6.07) is 22.2. The Morgan fingerprint density at radius 1 is 0.880 bits per heavy atom. The summed E-state index contributed by atoms with van der Waals surface area (Å²) in [6.45, 7) is 4.36. The number of ether oxygens (including phenoxy) is 1. The van der Waals surface area contributed by atoms with Crippen molar-refractivity contribution in [3.8, 4) is 5.75 Å². The molecule has 25 heavy (non-hydrogen) atoms. The smallest absolute Gasteiger partial charge is 0.122 e. The molecular formula is C23H22OS. The number of hydrogen-bond donors (Lipinski definition) is 0. The standard InChI is InChI=1S/C23H22OS/c1-15-8-9-18(14-21(15)24-3)16(2)17-10-11-23-20(12-17)13-19-6-4-5-7-22(19)25-23/h4-12,14,16H,13H2,1-3H3. The lowest BCUT2D eigenvalue weighted by atomic mass is 9.90. The number of hydrogen-bond acceptors (Lipinski definition) is 2. The van der Waals surface area contributed by atoms with E-state index in [9.17, 15) is 0 Å². The Labute approximate surface area is 154 Å². The minimum atomic E-state index is 0.349. The Kier molecular flexibility index (Phi) is 4.30. The highest BCUT2D eigenvalue weighted by Gasteiger charge is 2.18. The highest BCUT2D eigenvalue weighted by atomic mass is 32.2. The van der Waals surface area contributed by atoms with Gasteiger partial charge in [-0.25, -0.2) is 0 Å². The molecule has 1 aliphatic rings. The van der Waals surface area contributed by atoms with E-state index >= 15 is 0 Å². The summed E-state index contributed by atoms with van der Waals surface area (Å²) < 4.78 is 5.50. The van der Waals surface area contributed by atoms with Crippen LogP contribution in [0, 0.1) is 6.92 Å². The molecule has 0 radical (unpaired) electrons. The second-order valence-corrected chi connectivity index (χ2v) is 7.79. The Bertz CT molecular complexity index is 929. The van der Waals surface area contributed by atoms with Crippen LogP contribution in [0.4, 0.5) is 0 Å². The monoisotopic (exact) mass is 346 g/mol. The van der Waals surface area contributed by atoms with Crippen LogP contribution >= 0.6 is 11.8 Å². The van der Waals surface area contributed by atoms with E-state index < -0.39 is 0 Å². The molecule has 0 spiro atoms. The maximum Gasteiger partial charge on any atom is 0.122 e. The summed E-state index contributed by atoms with van der Waals surface area (Å²) in [6.07, 6.45) is 1.02. The number of rotatable bonds is 3. The average Bonchev–Trinajstić information content (AvgIpc) is 2.65. The van der Waals surface area contributed by atoms with Crippen molar-refractivity contribution < 1.29 is 4.74 Å². The molecule has 4 rings (SSSR count). The normalized spacial score (nSPS) is 13.7. The van der Waals surface area contributed by atoms with E-state index in [-0.39, 0.29) is 0 Å². The molecule has 1 atom stereocenters. The third-order valence-electron chi connectivity index (χ3n) is 5.09. The third kappa shape index (κ3) is 3.07. The van der Waals surface area contributed by atoms with E-state index in [4.69, 9.17) is 4.74 Å². The summed E-state index contributed by atoms with van der Waals surface area (Å²) in [4.78, 5) is 2.77. The SMILES string of the molecule is COc1cc(C(C)c2ccc3c(c2)Cc2ccccc2S3)ccc1C. The zero-order valence-electron chi connectivity index (χ0n) is 14.9. The summed E-state index contributed by atoms with van der Waals surface area (Å²) in [7, 11) is 1.74. The van der Waals surface area contributed by atoms with Crippen molar-refractivity contribution in [3.05, 3.63) is 88.5 Å². The maximum absolute atomic E-state index is 5.50. The van der Waals surface area contributed by atoms with Crippen LogP contribution in [0.3, 0.4) is 0 Å². The van der Waals surface area contributed by atoms with Crippen molar-refractivity contribution in [1.82, 2.24) is 0 Å². The van der Waals surface area contributed by atoms with Gasteiger partial charge in [0.15, 0.2) is 0 Å². The molecule has 0 saturated heterocycles. The van der Waals surface area contributed by atoms with Gasteiger partial charge in [0.1, 0.15) is 5.75 Å². The summed E-state index contributed by atoms with van der Waals surface area (Å²) in [5.41, 5.74) is 6.71. The fourth-order valence-electron chi connectivity index (χ4n) is 3.48. The first-order valence-electron chi connectivity index (χ1n) is 8.69. The molecule has 126 valence electrons. The molecule has 2 heteroatoms. The number of fused-ring (bicyclic) bond motifs is 2. The lowest BCUT2D eigenvalue weighted by molar-refractivity contribution is 0.411. The van der Waals surface area contributed by atoms with Crippen molar-refractivity contribution in [2.75, 3.05) is 7.11 Å². The first kappa shape index (κ1) is 16.3. The largest absolute Gasteiger partial charge is 0.496 e. The molecule has 1 heterocycles. The molecule has 0 aromatic heterocycles. The summed E-state index contributed by atoms with van der Waals surface area (Å²) >= 11 is 1.89. The molecule has 1 unspecified atom stereocenters. The summed E-state index contributed by atoms with van der Waals surface area (Å²) in [5.74, 6) is 1.31. The van der Waals surface area contributed by atoms with Crippen molar-refractivity contribution in [2.45, 2.75) is 36.0 Å². The topological polar surface area (TPSA) is 9.23 Å². The predicted octanol–water partition coefficient (Wildman–Crippen LogP) is 6.21. The van der Waals surface area contributed by atoms with Gasteiger partial charge in [-0.2, -0.15) is 0 Å². The van der Waals surface area contributed by atoms with Gasteiger partial charge >= 0.3 is 0 Å². The van der Waals surface area contributed by atoms with Crippen LogP contribution in [0.2, 0.25) is 0 Å². The second-order valence-electron chi connectivity index (χ2n) is 6.70. The molecule has 0 bridgehead atoms. The van der Waals surface area contributed by atoms with Crippen LogP contribution < -0.4 is 4.74 Å². The lowest BCUT2D eigenvalue weighted by Gasteiger charge is -2.21. The molecule has 0 saturated carbocycles. The van der Waals surface area contributed by atoms with Gasteiger partial charge < -0.3 is 4.74 Å². The van der Waals surface area contributed by atoms with Crippen LogP contribution in [0.25, 0.3) is 0 Å². The number of aryl methyl sites for hydroxylation is 1. The molecule has 1 aliphatic heterocycles. The minimum Gasteiger partial charge on any atom is -0.496 e. The third-order valence-corrected chi connectivity index (χ3v) is 6.33. The maximum atomic E-state index is 5.50. The van der Waals surface area contributed by atoms with Gasteiger partial charge in [0.05, 0.1) is 7.11 Å².